The van der Waals surface area contributed by atoms with Crippen molar-refractivity contribution in [2.45, 2.75) is 19.4 Å². The van der Waals surface area contributed by atoms with Gasteiger partial charge in [-0.3, -0.25) is 9.59 Å². The van der Waals surface area contributed by atoms with Crippen molar-refractivity contribution in [2.75, 3.05) is 40.2 Å². The minimum absolute atomic E-state index is 0.148. The number of aryl methyl sites for hydroxylation is 1. The highest BCUT2D eigenvalue weighted by Crippen LogP contribution is 2.28. The normalized spacial score (nSPS) is 10.7. The van der Waals surface area contributed by atoms with Gasteiger partial charge in [0.15, 0.2) is 16.9 Å². The van der Waals surface area contributed by atoms with E-state index in [4.69, 9.17) is 34.0 Å². The number of H-pyrrole nitrogens is 1. The van der Waals surface area contributed by atoms with Crippen LogP contribution in [0.5, 0.6) is 17.2 Å². The maximum atomic E-state index is 13.4. The van der Waals surface area contributed by atoms with E-state index in [9.17, 15) is 9.59 Å². The summed E-state index contributed by atoms with van der Waals surface area (Å²) in [5, 5.41) is 18.8. The van der Waals surface area contributed by atoms with E-state index in [1.165, 1.54) is 0 Å². The summed E-state index contributed by atoms with van der Waals surface area (Å²) in [6.07, 6.45) is 1.83. The molecule has 1 amide bonds. The molecule has 0 aliphatic carbocycles. The van der Waals surface area contributed by atoms with Crippen molar-refractivity contribution in [3.8, 4) is 17.2 Å². The number of hydrogen-bond donors (Lipinski definition) is 4. The number of aromatic amines is 1. The number of anilines is 1. The first-order valence-electron chi connectivity index (χ1n) is 14.9. The number of carbonyl (C=O) groups excluding carboxylic acids is 1. The van der Waals surface area contributed by atoms with Crippen LogP contribution in [0.25, 0.3) is 21.8 Å². The number of rotatable bonds is 11. The lowest BCUT2D eigenvalue weighted by Gasteiger charge is -2.18. The second-order valence-corrected chi connectivity index (χ2v) is 10.9. The second-order valence-electron chi connectivity index (χ2n) is 10.9. The Balaban J connectivity index is 0.000000794. The first-order valence-corrected chi connectivity index (χ1v) is 14.9. The van der Waals surface area contributed by atoms with Crippen LogP contribution < -0.4 is 25.0 Å². The molecule has 12 heteroatoms. The lowest BCUT2D eigenvalue weighted by atomic mass is 10.0. The number of carboxylic acids is 2. The maximum absolute atomic E-state index is 13.4. The molecule has 0 saturated carbocycles. The van der Waals surface area contributed by atoms with Crippen LogP contribution in [0.3, 0.4) is 0 Å². The van der Waals surface area contributed by atoms with Crippen LogP contribution in [0.1, 0.15) is 27.9 Å². The van der Waals surface area contributed by atoms with Gasteiger partial charge in [0.2, 0.25) is 0 Å². The van der Waals surface area contributed by atoms with E-state index in [0.717, 1.165) is 48.6 Å². The van der Waals surface area contributed by atoms with Crippen molar-refractivity contribution < 1.29 is 38.8 Å². The van der Waals surface area contributed by atoms with Crippen molar-refractivity contribution >= 4 is 45.3 Å². The van der Waals surface area contributed by atoms with E-state index in [1.54, 1.807) is 57.7 Å². The third kappa shape index (κ3) is 8.47. The van der Waals surface area contributed by atoms with Gasteiger partial charge in [0.1, 0.15) is 5.75 Å². The fraction of sp³-hybridized carbons (Fsp3) is 0.222. The average Bonchev–Trinajstić information content (AvgIpc) is 3.08. The Bertz CT molecular complexity index is 1990. The largest absolute Gasteiger partial charge is 0.495 e. The van der Waals surface area contributed by atoms with Gasteiger partial charge in [-0.1, -0.05) is 30.3 Å². The van der Waals surface area contributed by atoms with E-state index in [1.807, 2.05) is 30.3 Å². The quantitative estimate of drug-likeness (QED) is 0.110. The molecule has 0 atom stereocenters. The topological polar surface area (TPSA) is 167 Å². The maximum Gasteiger partial charge on any atom is 0.414 e. The number of aliphatic carboxylic acids is 2. The number of hydrogen-bond acceptors (Lipinski definition) is 8. The highest BCUT2D eigenvalue weighted by atomic mass is 16.5. The number of benzene rings is 4. The van der Waals surface area contributed by atoms with E-state index in [2.05, 4.69) is 34.4 Å². The molecular weight excluding hydrogens is 618 g/mol. The Kier molecular flexibility index (Phi) is 11.7. The molecule has 4 N–H and O–H groups in total. The molecule has 4 aromatic carbocycles. The lowest BCUT2D eigenvalue weighted by molar-refractivity contribution is -0.159. The molecule has 0 radical (unpaired) electrons. The number of ether oxygens (including phenoxy) is 3. The molecule has 0 fully saturated rings. The minimum Gasteiger partial charge on any atom is -0.495 e. The summed E-state index contributed by atoms with van der Waals surface area (Å²) in [5.74, 6) is -1.95. The number of nitrogens with zero attached hydrogens (tertiary/aromatic N) is 1. The number of fused-ring (bicyclic) bond motifs is 2. The molecule has 250 valence electrons. The van der Waals surface area contributed by atoms with Crippen LogP contribution in [0.4, 0.5) is 5.69 Å². The fourth-order valence-corrected chi connectivity index (χ4v) is 5.28. The van der Waals surface area contributed by atoms with Crippen molar-refractivity contribution in [3.63, 3.8) is 0 Å². The number of nitrogens with one attached hydrogen (secondary N) is 2. The molecule has 1 heterocycles. The van der Waals surface area contributed by atoms with E-state index >= 15 is 0 Å². The zero-order valence-electron chi connectivity index (χ0n) is 27.0. The Hall–Kier alpha value is -5.88. The molecule has 5 rings (SSSR count). The molecular formula is C36H37N3O9. The number of pyridine rings is 1. The SMILES string of the molecule is COc1ccc(CN(C)CCCc2cccc(NC(=O)c3cccc4c(=O)c5cccc(OC)c5[nH]c34)c2)cc1OC.O=C(O)C(=O)O. The molecule has 5 aromatic rings. The molecule has 0 saturated heterocycles. The van der Waals surface area contributed by atoms with Gasteiger partial charge in [0.05, 0.1) is 37.9 Å². The molecule has 0 bridgehead atoms. The molecule has 1 aromatic heterocycles. The number of aromatic nitrogens is 1. The lowest BCUT2D eigenvalue weighted by Crippen LogP contribution is -2.19. The summed E-state index contributed by atoms with van der Waals surface area (Å²) in [5.41, 5.74) is 4.27. The zero-order valence-corrected chi connectivity index (χ0v) is 27.0. The van der Waals surface area contributed by atoms with Crippen LogP contribution >= 0.6 is 0 Å². The number of methoxy groups -OCH3 is 3. The highest BCUT2D eigenvalue weighted by molar-refractivity contribution is 6.27. The zero-order chi connectivity index (χ0) is 34.8. The fourth-order valence-electron chi connectivity index (χ4n) is 5.28. The van der Waals surface area contributed by atoms with Gasteiger partial charge in [0.25, 0.3) is 5.91 Å². The summed E-state index contributed by atoms with van der Waals surface area (Å²) in [4.78, 5) is 50.4. The highest BCUT2D eigenvalue weighted by Gasteiger charge is 2.16. The van der Waals surface area contributed by atoms with Crippen LogP contribution in [-0.2, 0) is 22.6 Å². The van der Waals surface area contributed by atoms with E-state index in [-0.39, 0.29) is 11.3 Å². The van der Waals surface area contributed by atoms with Crippen molar-refractivity contribution in [3.05, 3.63) is 106 Å². The third-order valence-corrected chi connectivity index (χ3v) is 7.57. The Labute approximate surface area is 276 Å². The first kappa shape index (κ1) is 35.0. The Morgan fingerprint density at radius 2 is 1.40 bits per heavy atom. The summed E-state index contributed by atoms with van der Waals surface area (Å²) in [6, 6.07) is 24.4. The van der Waals surface area contributed by atoms with Crippen molar-refractivity contribution in [1.82, 2.24) is 9.88 Å². The number of amides is 1. The van der Waals surface area contributed by atoms with Gasteiger partial charge in [-0.05, 0) is 86.1 Å². The number of carboxylic acid groups (broad SMARTS) is 2. The second kappa shape index (κ2) is 16.1. The summed E-state index contributed by atoms with van der Waals surface area (Å²) < 4.78 is 16.2. The van der Waals surface area contributed by atoms with Gasteiger partial charge in [-0.15, -0.1) is 0 Å². The predicted molar refractivity (Wildman–Crippen MR) is 182 cm³/mol. The van der Waals surface area contributed by atoms with Crippen LogP contribution in [0.2, 0.25) is 0 Å². The van der Waals surface area contributed by atoms with Gasteiger partial charge in [-0.25, -0.2) is 9.59 Å². The predicted octanol–water partition coefficient (Wildman–Crippen LogP) is 5.18. The van der Waals surface area contributed by atoms with E-state index < -0.39 is 11.9 Å². The van der Waals surface area contributed by atoms with E-state index in [0.29, 0.717) is 38.8 Å². The Morgan fingerprint density at radius 1 is 0.750 bits per heavy atom. The average molecular weight is 656 g/mol. The standard InChI is InChI=1S/C34H35N3O5.C2H2O4/c1-37(21-23-16-17-28(40-2)30(20-23)42-4)18-8-10-22-9-5-11-24(19-22)35-34(39)27-14-6-12-25-31(27)36-32-26(33(25)38)13-7-15-29(32)41-3;3-1(4)2(5)6/h5-7,9,11-17,19-20H,8,10,18,21H2,1-4H3,(H,35,39)(H,36,38);(H,3,4)(H,5,6). The number of para-hydroxylation sites is 2. The molecule has 0 unspecified atom stereocenters. The number of carbonyl (C=O) groups is 3. The van der Waals surface area contributed by atoms with Gasteiger partial charge >= 0.3 is 11.9 Å². The third-order valence-electron chi connectivity index (χ3n) is 7.57. The first-order chi connectivity index (χ1) is 23.1. The monoisotopic (exact) mass is 655 g/mol. The smallest absolute Gasteiger partial charge is 0.414 e. The summed E-state index contributed by atoms with van der Waals surface area (Å²) in [7, 11) is 6.93. The molecule has 12 nitrogen and oxygen atoms in total. The molecule has 0 aliphatic heterocycles. The Morgan fingerprint density at radius 3 is 2.06 bits per heavy atom. The van der Waals surface area contributed by atoms with Gasteiger partial charge < -0.3 is 39.6 Å². The van der Waals surface area contributed by atoms with Gasteiger partial charge in [0, 0.05) is 23.0 Å². The van der Waals surface area contributed by atoms with Crippen LogP contribution in [-0.4, -0.2) is 72.9 Å². The van der Waals surface area contributed by atoms with Crippen LogP contribution in [0, 0.1) is 0 Å². The molecule has 48 heavy (non-hydrogen) atoms. The van der Waals surface area contributed by atoms with Crippen molar-refractivity contribution in [1.29, 1.82) is 0 Å². The summed E-state index contributed by atoms with van der Waals surface area (Å²) in [6.45, 7) is 1.70. The van der Waals surface area contributed by atoms with Crippen LogP contribution in [0.15, 0.2) is 83.7 Å². The minimum atomic E-state index is -1.82. The molecule has 0 spiro atoms. The van der Waals surface area contributed by atoms with Gasteiger partial charge in [-0.2, -0.15) is 0 Å². The summed E-state index contributed by atoms with van der Waals surface area (Å²) >= 11 is 0. The molecule has 0 aliphatic rings. The van der Waals surface area contributed by atoms with Crippen molar-refractivity contribution in [2.24, 2.45) is 0 Å².